The summed E-state index contributed by atoms with van der Waals surface area (Å²) < 4.78 is 41.8. The summed E-state index contributed by atoms with van der Waals surface area (Å²) in [5.41, 5.74) is 1.58. The fraction of sp³-hybridized carbons (Fsp3) is 0.250. The number of rotatable bonds is 3. The Balaban J connectivity index is 2.38. The second kappa shape index (κ2) is 4.93. The SMILES string of the molecule is Cn1ncc(-c2cccc(OC(F)(F)F)c2)c1CO. The van der Waals surface area contributed by atoms with Crippen LogP contribution >= 0.6 is 0 Å². The Morgan fingerprint density at radius 2 is 2.11 bits per heavy atom. The number of alkyl halides is 3. The summed E-state index contributed by atoms with van der Waals surface area (Å²) in [6.07, 6.45) is -3.24. The van der Waals surface area contributed by atoms with Gasteiger partial charge >= 0.3 is 6.36 Å². The van der Waals surface area contributed by atoms with E-state index in [9.17, 15) is 18.3 Å². The van der Waals surface area contributed by atoms with Gasteiger partial charge in [-0.1, -0.05) is 12.1 Å². The molecule has 19 heavy (non-hydrogen) atoms. The smallest absolute Gasteiger partial charge is 0.406 e. The molecule has 1 heterocycles. The van der Waals surface area contributed by atoms with Crippen molar-refractivity contribution in [3.8, 4) is 16.9 Å². The fourth-order valence-electron chi connectivity index (χ4n) is 1.75. The first-order chi connectivity index (χ1) is 8.90. The van der Waals surface area contributed by atoms with Gasteiger partial charge in [-0.15, -0.1) is 13.2 Å². The minimum atomic E-state index is -4.73. The van der Waals surface area contributed by atoms with E-state index in [1.54, 1.807) is 13.1 Å². The van der Waals surface area contributed by atoms with Crippen LogP contribution in [0.15, 0.2) is 30.5 Å². The van der Waals surface area contributed by atoms with Crippen molar-refractivity contribution >= 4 is 0 Å². The van der Waals surface area contributed by atoms with Crippen molar-refractivity contribution in [1.82, 2.24) is 9.78 Å². The van der Waals surface area contributed by atoms with Gasteiger partial charge in [-0.05, 0) is 17.7 Å². The van der Waals surface area contributed by atoms with E-state index in [1.807, 2.05) is 0 Å². The summed E-state index contributed by atoms with van der Waals surface area (Å²) in [6.45, 7) is -0.254. The molecule has 0 spiro atoms. The standard InChI is InChI=1S/C12H11F3N2O2/c1-17-11(7-18)10(6-16-17)8-3-2-4-9(5-8)19-12(13,14)15/h2-6,18H,7H2,1H3. The number of aliphatic hydroxyl groups excluding tert-OH is 1. The molecule has 0 radical (unpaired) electrons. The van der Waals surface area contributed by atoms with Crippen LogP contribution in [0.4, 0.5) is 13.2 Å². The molecule has 0 aliphatic heterocycles. The Labute approximate surface area is 107 Å². The zero-order chi connectivity index (χ0) is 14.0. The second-order valence-electron chi connectivity index (χ2n) is 3.86. The molecule has 102 valence electrons. The molecule has 0 unspecified atom stereocenters. The molecule has 0 fully saturated rings. The third-order valence-electron chi connectivity index (χ3n) is 2.59. The number of hydrogen-bond acceptors (Lipinski definition) is 3. The van der Waals surface area contributed by atoms with Crippen LogP contribution in [0.5, 0.6) is 5.75 Å². The predicted octanol–water partition coefficient (Wildman–Crippen LogP) is 2.48. The number of nitrogens with zero attached hydrogens (tertiary/aromatic N) is 2. The lowest BCUT2D eigenvalue weighted by atomic mass is 10.1. The zero-order valence-corrected chi connectivity index (χ0v) is 9.98. The lowest BCUT2D eigenvalue weighted by molar-refractivity contribution is -0.274. The van der Waals surface area contributed by atoms with E-state index >= 15 is 0 Å². The number of benzene rings is 1. The van der Waals surface area contributed by atoms with Gasteiger partial charge in [0.2, 0.25) is 0 Å². The van der Waals surface area contributed by atoms with Gasteiger partial charge in [-0.3, -0.25) is 4.68 Å². The quantitative estimate of drug-likeness (QED) is 0.933. The number of ether oxygens (including phenoxy) is 1. The van der Waals surface area contributed by atoms with Crippen molar-refractivity contribution in [3.05, 3.63) is 36.2 Å². The summed E-state index contributed by atoms with van der Waals surface area (Å²) in [7, 11) is 1.64. The Hall–Kier alpha value is -2.02. The Morgan fingerprint density at radius 1 is 1.37 bits per heavy atom. The molecule has 0 aliphatic rings. The molecule has 4 nitrogen and oxygen atoms in total. The average molecular weight is 272 g/mol. The molecule has 0 bridgehead atoms. The number of aryl methyl sites for hydroxylation is 1. The van der Waals surface area contributed by atoms with Crippen LogP contribution in [-0.4, -0.2) is 21.2 Å². The van der Waals surface area contributed by atoms with Gasteiger partial charge in [0.05, 0.1) is 18.5 Å². The lowest BCUT2D eigenvalue weighted by Crippen LogP contribution is -2.17. The molecule has 0 saturated heterocycles. The summed E-state index contributed by atoms with van der Waals surface area (Å²) >= 11 is 0. The van der Waals surface area contributed by atoms with E-state index in [0.717, 1.165) is 0 Å². The van der Waals surface area contributed by atoms with Gasteiger partial charge in [-0.2, -0.15) is 5.10 Å². The highest BCUT2D eigenvalue weighted by atomic mass is 19.4. The molecule has 7 heteroatoms. The van der Waals surface area contributed by atoms with E-state index in [-0.39, 0.29) is 12.4 Å². The van der Waals surface area contributed by atoms with Crippen LogP contribution in [-0.2, 0) is 13.7 Å². The molecule has 0 atom stereocenters. The molecule has 2 rings (SSSR count). The van der Waals surface area contributed by atoms with Gasteiger partial charge in [-0.25, -0.2) is 0 Å². The van der Waals surface area contributed by atoms with Crippen LogP contribution < -0.4 is 4.74 Å². The third-order valence-corrected chi connectivity index (χ3v) is 2.59. The number of aromatic nitrogens is 2. The van der Waals surface area contributed by atoms with Gasteiger partial charge in [0.15, 0.2) is 0 Å². The second-order valence-corrected chi connectivity index (χ2v) is 3.86. The Kier molecular flexibility index (Phi) is 3.48. The molecule has 1 N–H and O–H groups in total. The average Bonchev–Trinajstić information content (AvgIpc) is 2.68. The highest BCUT2D eigenvalue weighted by molar-refractivity contribution is 5.66. The van der Waals surface area contributed by atoms with Crippen LogP contribution in [0.1, 0.15) is 5.69 Å². The summed E-state index contributed by atoms with van der Waals surface area (Å²) in [5, 5.41) is 13.2. The topological polar surface area (TPSA) is 47.3 Å². The molecular weight excluding hydrogens is 261 g/mol. The fourth-order valence-corrected chi connectivity index (χ4v) is 1.75. The van der Waals surface area contributed by atoms with Crippen LogP contribution in [0.2, 0.25) is 0 Å². The van der Waals surface area contributed by atoms with E-state index in [4.69, 9.17) is 0 Å². The van der Waals surface area contributed by atoms with Gasteiger partial charge in [0.25, 0.3) is 0 Å². The van der Waals surface area contributed by atoms with Crippen molar-refractivity contribution in [2.45, 2.75) is 13.0 Å². The molecule has 0 saturated carbocycles. The Morgan fingerprint density at radius 3 is 2.74 bits per heavy atom. The van der Waals surface area contributed by atoms with E-state index < -0.39 is 6.36 Å². The number of hydrogen-bond donors (Lipinski definition) is 1. The molecule has 0 amide bonds. The highest BCUT2D eigenvalue weighted by Gasteiger charge is 2.31. The van der Waals surface area contributed by atoms with E-state index in [2.05, 4.69) is 9.84 Å². The maximum Gasteiger partial charge on any atom is 0.573 e. The Bertz CT molecular complexity index is 579. The van der Waals surface area contributed by atoms with Crippen molar-refractivity contribution in [3.63, 3.8) is 0 Å². The van der Waals surface area contributed by atoms with Gasteiger partial charge in [0.1, 0.15) is 5.75 Å². The predicted molar refractivity (Wildman–Crippen MR) is 61.2 cm³/mol. The van der Waals surface area contributed by atoms with Crippen molar-refractivity contribution in [2.75, 3.05) is 0 Å². The van der Waals surface area contributed by atoms with Crippen LogP contribution in [0, 0.1) is 0 Å². The zero-order valence-electron chi connectivity index (χ0n) is 9.98. The maximum atomic E-state index is 12.1. The van der Waals surface area contributed by atoms with Crippen molar-refractivity contribution in [2.24, 2.45) is 7.05 Å². The third kappa shape index (κ3) is 3.05. The van der Waals surface area contributed by atoms with E-state index in [1.165, 1.54) is 29.1 Å². The minimum Gasteiger partial charge on any atom is -0.406 e. The molecule has 2 aromatic rings. The summed E-state index contributed by atoms with van der Waals surface area (Å²) in [5.74, 6) is -0.308. The van der Waals surface area contributed by atoms with Crippen LogP contribution in [0.25, 0.3) is 11.1 Å². The normalized spacial score (nSPS) is 11.6. The van der Waals surface area contributed by atoms with Crippen molar-refractivity contribution < 1.29 is 23.0 Å². The summed E-state index contributed by atoms with van der Waals surface area (Å²) in [6, 6.07) is 5.54. The molecular formula is C12H11F3N2O2. The largest absolute Gasteiger partial charge is 0.573 e. The van der Waals surface area contributed by atoms with Gasteiger partial charge < -0.3 is 9.84 Å². The van der Waals surface area contributed by atoms with Gasteiger partial charge in [0, 0.05) is 12.6 Å². The highest BCUT2D eigenvalue weighted by Crippen LogP contribution is 2.29. The lowest BCUT2D eigenvalue weighted by Gasteiger charge is -2.10. The van der Waals surface area contributed by atoms with E-state index in [0.29, 0.717) is 16.8 Å². The van der Waals surface area contributed by atoms with Crippen LogP contribution in [0.3, 0.4) is 0 Å². The molecule has 1 aromatic carbocycles. The molecule has 0 aliphatic carbocycles. The number of halogens is 3. The number of aliphatic hydroxyl groups is 1. The first-order valence-electron chi connectivity index (χ1n) is 5.38. The monoisotopic (exact) mass is 272 g/mol. The first-order valence-corrected chi connectivity index (χ1v) is 5.38. The van der Waals surface area contributed by atoms with Crippen molar-refractivity contribution in [1.29, 1.82) is 0 Å². The minimum absolute atomic E-state index is 0.254. The molecule has 1 aromatic heterocycles. The maximum absolute atomic E-state index is 12.1. The summed E-state index contributed by atoms with van der Waals surface area (Å²) in [4.78, 5) is 0. The first kappa shape index (κ1) is 13.4.